The number of aliphatic carboxylic acids is 2. The van der Waals surface area contributed by atoms with E-state index < -0.39 is 66.4 Å². The zero-order valence-corrected chi connectivity index (χ0v) is 20.7. The van der Waals surface area contributed by atoms with Crippen molar-refractivity contribution >= 4 is 29.7 Å². The molecule has 0 saturated heterocycles. The molecular formula is C24H32N6O8. The SMILES string of the molecule is CC(O)C(N)C(=O)NC(Cc1ccccc1)C(=O)NC(Cc1cnc[nH]1)C(=O)NC(CCC(=O)O)C(=O)O. The molecule has 0 aliphatic rings. The van der Waals surface area contributed by atoms with Crippen LogP contribution in [0.2, 0.25) is 0 Å². The van der Waals surface area contributed by atoms with Crippen molar-refractivity contribution in [2.45, 2.75) is 62.9 Å². The molecule has 5 unspecified atom stereocenters. The number of H-pyrrole nitrogens is 1. The maximum absolute atomic E-state index is 13.3. The van der Waals surface area contributed by atoms with E-state index in [4.69, 9.17) is 10.8 Å². The standard InChI is InChI=1S/C24H32N6O8/c1-13(31)20(25)23(36)30-17(9-14-5-3-2-4-6-14)21(34)29-18(10-15-11-26-12-27-15)22(35)28-16(24(37)38)7-8-19(32)33/h2-6,11-13,16-18,20,31H,7-10,25H2,1H3,(H,26,27)(H,28,35)(H,29,34)(H,30,36)(H,32,33)(H,37,38). The molecule has 0 spiro atoms. The molecule has 2 aromatic rings. The fraction of sp³-hybridized carbons (Fsp3) is 0.417. The molecule has 0 radical (unpaired) electrons. The number of hydrogen-bond donors (Lipinski definition) is 8. The van der Waals surface area contributed by atoms with Crippen molar-refractivity contribution in [3.05, 3.63) is 54.1 Å². The van der Waals surface area contributed by atoms with E-state index in [1.165, 1.54) is 19.4 Å². The molecule has 1 aromatic heterocycles. The number of aliphatic hydroxyl groups excluding tert-OH is 1. The molecule has 38 heavy (non-hydrogen) atoms. The van der Waals surface area contributed by atoms with Gasteiger partial charge in [-0.2, -0.15) is 0 Å². The summed E-state index contributed by atoms with van der Waals surface area (Å²) in [5.41, 5.74) is 6.84. The number of carbonyl (C=O) groups excluding carboxylic acids is 3. The molecule has 206 valence electrons. The van der Waals surface area contributed by atoms with E-state index in [2.05, 4.69) is 25.9 Å². The number of nitrogens with one attached hydrogen (secondary N) is 4. The number of hydrogen-bond acceptors (Lipinski definition) is 8. The van der Waals surface area contributed by atoms with E-state index in [9.17, 15) is 34.2 Å². The molecule has 14 nitrogen and oxygen atoms in total. The molecule has 0 saturated carbocycles. The van der Waals surface area contributed by atoms with Gasteiger partial charge in [0.2, 0.25) is 17.7 Å². The minimum absolute atomic E-state index is 0.0275. The molecule has 2 rings (SSSR count). The van der Waals surface area contributed by atoms with Gasteiger partial charge in [0.15, 0.2) is 0 Å². The number of imidazole rings is 1. The van der Waals surface area contributed by atoms with E-state index >= 15 is 0 Å². The van der Waals surface area contributed by atoms with Gasteiger partial charge in [0, 0.05) is 31.2 Å². The van der Waals surface area contributed by atoms with Gasteiger partial charge in [-0.05, 0) is 18.9 Å². The monoisotopic (exact) mass is 532 g/mol. The highest BCUT2D eigenvalue weighted by atomic mass is 16.4. The van der Waals surface area contributed by atoms with E-state index in [0.29, 0.717) is 11.3 Å². The van der Waals surface area contributed by atoms with Crippen LogP contribution < -0.4 is 21.7 Å². The minimum atomic E-state index is -1.51. The zero-order chi connectivity index (χ0) is 28.2. The average molecular weight is 533 g/mol. The predicted octanol–water partition coefficient (Wildman–Crippen LogP) is -1.69. The molecule has 5 atom stereocenters. The van der Waals surface area contributed by atoms with E-state index in [1.807, 2.05) is 0 Å². The van der Waals surface area contributed by atoms with Crippen LogP contribution in [-0.4, -0.2) is 85.2 Å². The van der Waals surface area contributed by atoms with Gasteiger partial charge in [0.25, 0.3) is 0 Å². The highest BCUT2D eigenvalue weighted by Crippen LogP contribution is 2.07. The second-order valence-corrected chi connectivity index (χ2v) is 8.69. The number of carboxylic acid groups (broad SMARTS) is 2. The Morgan fingerprint density at radius 2 is 1.50 bits per heavy atom. The van der Waals surface area contributed by atoms with Crippen LogP contribution in [0.3, 0.4) is 0 Å². The highest BCUT2D eigenvalue weighted by molar-refractivity contribution is 5.94. The van der Waals surface area contributed by atoms with Crippen LogP contribution >= 0.6 is 0 Å². The lowest BCUT2D eigenvalue weighted by molar-refractivity contribution is -0.143. The number of rotatable bonds is 15. The number of nitrogens with two attached hydrogens (primary N) is 1. The Labute approximate surface area is 218 Å². The lowest BCUT2D eigenvalue weighted by Gasteiger charge is -2.25. The number of aromatic amines is 1. The van der Waals surface area contributed by atoms with Crippen molar-refractivity contribution < 1.29 is 39.3 Å². The molecule has 0 aliphatic carbocycles. The van der Waals surface area contributed by atoms with Crippen LogP contribution in [-0.2, 0) is 36.8 Å². The van der Waals surface area contributed by atoms with Gasteiger partial charge >= 0.3 is 11.9 Å². The van der Waals surface area contributed by atoms with Crippen LogP contribution in [0, 0.1) is 0 Å². The van der Waals surface area contributed by atoms with Crippen molar-refractivity contribution in [1.82, 2.24) is 25.9 Å². The summed E-state index contributed by atoms with van der Waals surface area (Å²) >= 11 is 0. The Bertz CT molecular complexity index is 1090. The molecule has 9 N–H and O–H groups in total. The highest BCUT2D eigenvalue weighted by Gasteiger charge is 2.31. The zero-order valence-electron chi connectivity index (χ0n) is 20.7. The van der Waals surface area contributed by atoms with Crippen LogP contribution in [0.25, 0.3) is 0 Å². The molecule has 0 fully saturated rings. The summed E-state index contributed by atoms with van der Waals surface area (Å²) in [7, 11) is 0. The number of carboxylic acids is 2. The smallest absolute Gasteiger partial charge is 0.326 e. The van der Waals surface area contributed by atoms with E-state index in [1.54, 1.807) is 30.3 Å². The molecular weight excluding hydrogens is 500 g/mol. The summed E-state index contributed by atoms with van der Waals surface area (Å²) in [6.07, 6.45) is 0.634. The number of nitrogens with zero attached hydrogens (tertiary/aromatic N) is 1. The third-order valence-electron chi connectivity index (χ3n) is 5.61. The Hall–Kier alpha value is -4.30. The maximum Gasteiger partial charge on any atom is 0.326 e. The van der Waals surface area contributed by atoms with Gasteiger partial charge in [-0.1, -0.05) is 30.3 Å². The van der Waals surface area contributed by atoms with Crippen molar-refractivity contribution in [2.24, 2.45) is 5.73 Å². The first kappa shape index (κ1) is 29.9. The minimum Gasteiger partial charge on any atom is -0.481 e. The van der Waals surface area contributed by atoms with Crippen molar-refractivity contribution in [3.8, 4) is 0 Å². The average Bonchev–Trinajstić information content (AvgIpc) is 3.38. The Balaban J connectivity index is 2.26. The molecule has 3 amide bonds. The first-order valence-electron chi connectivity index (χ1n) is 11.8. The summed E-state index contributed by atoms with van der Waals surface area (Å²) in [4.78, 5) is 68.0. The third kappa shape index (κ3) is 9.63. The summed E-state index contributed by atoms with van der Waals surface area (Å²) in [5.74, 6) is -5.10. The van der Waals surface area contributed by atoms with Crippen molar-refractivity contribution in [2.75, 3.05) is 0 Å². The maximum atomic E-state index is 13.3. The van der Waals surface area contributed by atoms with Crippen LogP contribution in [0.15, 0.2) is 42.9 Å². The number of amides is 3. The molecule has 0 bridgehead atoms. The van der Waals surface area contributed by atoms with Gasteiger partial charge in [-0.3, -0.25) is 19.2 Å². The van der Waals surface area contributed by atoms with E-state index in [-0.39, 0.29) is 19.3 Å². The number of carbonyl (C=O) groups is 5. The predicted molar refractivity (Wildman–Crippen MR) is 132 cm³/mol. The summed E-state index contributed by atoms with van der Waals surface area (Å²) in [5, 5.41) is 35.2. The normalized spacial score (nSPS) is 14.8. The van der Waals surface area contributed by atoms with E-state index in [0.717, 1.165) is 0 Å². The summed E-state index contributed by atoms with van der Waals surface area (Å²) in [6, 6.07) is 3.39. The largest absolute Gasteiger partial charge is 0.481 e. The van der Waals surface area contributed by atoms with Crippen LogP contribution in [0.4, 0.5) is 0 Å². The fourth-order valence-electron chi connectivity index (χ4n) is 3.44. The molecule has 1 heterocycles. The first-order chi connectivity index (χ1) is 18.0. The first-order valence-corrected chi connectivity index (χ1v) is 11.8. The molecule has 14 heteroatoms. The Kier molecular flexibility index (Phi) is 11.4. The van der Waals surface area contributed by atoms with Gasteiger partial charge in [-0.15, -0.1) is 0 Å². The van der Waals surface area contributed by atoms with Gasteiger partial charge in [-0.25, -0.2) is 9.78 Å². The lowest BCUT2D eigenvalue weighted by Crippen LogP contribution is -2.59. The molecule has 1 aromatic carbocycles. The number of aromatic nitrogens is 2. The van der Waals surface area contributed by atoms with Gasteiger partial charge < -0.3 is 42.0 Å². The molecule has 0 aliphatic heterocycles. The quantitative estimate of drug-likeness (QED) is 0.129. The summed E-state index contributed by atoms with van der Waals surface area (Å²) in [6.45, 7) is 1.32. The third-order valence-corrected chi connectivity index (χ3v) is 5.61. The van der Waals surface area contributed by atoms with Gasteiger partial charge in [0.05, 0.1) is 12.4 Å². The van der Waals surface area contributed by atoms with Crippen LogP contribution in [0.5, 0.6) is 0 Å². The second kappa shape index (κ2) is 14.4. The van der Waals surface area contributed by atoms with Crippen molar-refractivity contribution in [3.63, 3.8) is 0 Å². The second-order valence-electron chi connectivity index (χ2n) is 8.69. The lowest BCUT2D eigenvalue weighted by atomic mass is 10.0. The topological polar surface area (TPSA) is 237 Å². The summed E-state index contributed by atoms with van der Waals surface area (Å²) < 4.78 is 0. The Morgan fingerprint density at radius 3 is 2.03 bits per heavy atom. The fourth-order valence-corrected chi connectivity index (χ4v) is 3.44. The Morgan fingerprint density at radius 1 is 0.921 bits per heavy atom. The van der Waals surface area contributed by atoms with Crippen LogP contribution in [0.1, 0.15) is 31.0 Å². The van der Waals surface area contributed by atoms with Crippen molar-refractivity contribution in [1.29, 1.82) is 0 Å². The van der Waals surface area contributed by atoms with Gasteiger partial charge in [0.1, 0.15) is 24.2 Å². The number of benzene rings is 1. The number of aliphatic hydroxyl groups is 1.